The van der Waals surface area contributed by atoms with Crippen LogP contribution in [0.5, 0.6) is 0 Å². The van der Waals surface area contributed by atoms with Gasteiger partial charge in [0, 0.05) is 7.11 Å². The predicted octanol–water partition coefficient (Wildman–Crippen LogP) is -5.89. The molecule has 3 aliphatic heterocycles. The maximum absolute atomic E-state index is 10.8. The summed E-state index contributed by atoms with van der Waals surface area (Å²) in [5, 5.41) is 90.7. The smallest absolute Gasteiger partial charge is 0.187 e. The molecule has 0 amide bonds. The Morgan fingerprint density at radius 3 is 1.62 bits per heavy atom. The molecular weight excluding hydrogens is 468 g/mol. The molecule has 15 heteroatoms. The van der Waals surface area contributed by atoms with Crippen molar-refractivity contribution in [1.82, 2.24) is 0 Å². The van der Waals surface area contributed by atoms with Gasteiger partial charge in [0.05, 0.1) is 19.3 Å². The lowest BCUT2D eigenvalue weighted by Crippen LogP contribution is -2.67. The summed E-state index contributed by atoms with van der Waals surface area (Å²) in [6.07, 6.45) is -22.6. The third kappa shape index (κ3) is 5.39. The SMILES string of the molecule is CO[C@H]1O[C@H](CO)[C@H](O[C@H]2O[C@@H](C)[C@@H](O)[C@@H](O)[C@@H]2O)[C@H](O[C@H]2O[C@H](CO)[C@@H](O)[C@H](O)[C@H]2O)[C@H]1O. The monoisotopic (exact) mass is 502 g/mol. The fraction of sp³-hybridized carbons (Fsp3) is 1.00. The third-order valence-electron chi connectivity index (χ3n) is 6.27. The van der Waals surface area contributed by atoms with Crippen LogP contribution in [0.15, 0.2) is 0 Å². The van der Waals surface area contributed by atoms with Gasteiger partial charge in [0.15, 0.2) is 18.9 Å². The zero-order valence-electron chi connectivity index (χ0n) is 18.5. The first-order chi connectivity index (χ1) is 16.0. The molecule has 200 valence electrons. The van der Waals surface area contributed by atoms with Crippen molar-refractivity contribution in [3.63, 3.8) is 0 Å². The van der Waals surface area contributed by atoms with E-state index in [1.54, 1.807) is 0 Å². The second-order valence-corrected chi connectivity index (χ2v) is 8.53. The number of ether oxygens (including phenoxy) is 6. The molecule has 0 saturated carbocycles. The first-order valence-corrected chi connectivity index (χ1v) is 10.8. The minimum Gasteiger partial charge on any atom is -0.394 e. The van der Waals surface area contributed by atoms with Crippen molar-refractivity contribution < 1.29 is 74.4 Å². The topological polar surface area (TPSA) is 237 Å². The lowest BCUT2D eigenvalue weighted by atomic mass is 9.96. The van der Waals surface area contributed by atoms with E-state index in [4.69, 9.17) is 28.4 Å². The van der Waals surface area contributed by atoms with Gasteiger partial charge in [-0.1, -0.05) is 0 Å². The maximum atomic E-state index is 10.8. The van der Waals surface area contributed by atoms with E-state index in [-0.39, 0.29) is 0 Å². The molecule has 34 heavy (non-hydrogen) atoms. The van der Waals surface area contributed by atoms with Gasteiger partial charge in [0.2, 0.25) is 0 Å². The van der Waals surface area contributed by atoms with E-state index in [0.29, 0.717) is 0 Å². The van der Waals surface area contributed by atoms with Crippen molar-refractivity contribution >= 4 is 0 Å². The maximum Gasteiger partial charge on any atom is 0.187 e. The summed E-state index contributed by atoms with van der Waals surface area (Å²) in [4.78, 5) is 0. The van der Waals surface area contributed by atoms with E-state index in [2.05, 4.69) is 0 Å². The molecular formula is C19H34O15. The standard InChI is InChI=1S/C19H34O15/c1-5-8(22)10(24)12(26)18(30-5)33-15-7(4-21)32-17(29-2)14(28)16(15)34-19-13(27)11(25)9(23)6(3-20)31-19/h5-28H,3-4H2,1-2H3/t5-,6+,7+,8+,9+,10+,11-,12-,13+,14+,15-,16+,17-,18+,19+/m0/s1. The van der Waals surface area contributed by atoms with Crippen LogP contribution >= 0.6 is 0 Å². The Kier molecular flexibility index (Phi) is 9.57. The highest BCUT2D eigenvalue weighted by Gasteiger charge is 2.53. The first kappa shape index (κ1) is 28.0. The van der Waals surface area contributed by atoms with Gasteiger partial charge < -0.3 is 74.4 Å². The largest absolute Gasteiger partial charge is 0.394 e. The molecule has 0 aromatic carbocycles. The fourth-order valence-corrected chi connectivity index (χ4v) is 4.17. The number of aliphatic hydroxyl groups excluding tert-OH is 9. The molecule has 15 nitrogen and oxygen atoms in total. The van der Waals surface area contributed by atoms with Crippen molar-refractivity contribution in [2.75, 3.05) is 20.3 Å². The third-order valence-corrected chi connectivity index (χ3v) is 6.27. The number of hydrogen-bond donors (Lipinski definition) is 9. The number of rotatable bonds is 7. The molecule has 3 heterocycles. The summed E-state index contributed by atoms with van der Waals surface area (Å²) in [6, 6.07) is 0. The Bertz CT molecular complexity index is 639. The van der Waals surface area contributed by atoms with E-state index < -0.39 is 105 Å². The average molecular weight is 502 g/mol. The predicted molar refractivity (Wildman–Crippen MR) is 105 cm³/mol. The van der Waals surface area contributed by atoms with Gasteiger partial charge in [-0.05, 0) is 6.92 Å². The van der Waals surface area contributed by atoms with E-state index in [1.807, 2.05) is 0 Å². The van der Waals surface area contributed by atoms with E-state index in [0.717, 1.165) is 0 Å². The Hall–Kier alpha value is -0.600. The molecule has 3 saturated heterocycles. The molecule has 3 aliphatic rings. The van der Waals surface area contributed by atoms with Crippen molar-refractivity contribution in [3.05, 3.63) is 0 Å². The van der Waals surface area contributed by atoms with Gasteiger partial charge in [-0.25, -0.2) is 0 Å². The highest BCUT2D eigenvalue weighted by Crippen LogP contribution is 2.33. The van der Waals surface area contributed by atoms with Gasteiger partial charge in [-0.15, -0.1) is 0 Å². The van der Waals surface area contributed by atoms with Crippen LogP contribution in [-0.2, 0) is 28.4 Å². The van der Waals surface area contributed by atoms with Crippen LogP contribution in [0, 0.1) is 0 Å². The van der Waals surface area contributed by atoms with Crippen LogP contribution in [0.4, 0.5) is 0 Å². The summed E-state index contributed by atoms with van der Waals surface area (Å²) in [6.45, 7) is 0.0192. The van der Waals surface area contributed by atoms with Crippen LogP contribution in [0.2, 0.25) is 0 Å². The van der Waals surface area contributed by atoms with Gasteiger partial charge in [-0.3, -0.25) is 0 Å². The Morgan fingerprint density at radius 1 is 0.559 bits per heavy atom. The van der Waals surface area contributed by atoms with Crippen molar-refractivity contribution in [1.29, 1.82) is 0 Å². The molecule has 0 aromatic rings. The molecule has 3 fully saturated rings. The minimum absolute atomic E-state index is 0.685. The van der Waals surface area contributed by atoms with E-state index in [1.165, 1.54) is 14.0 Å². The van der Waals surface area contributed by atoms with Crippen LogP contribution in [0.25, 0.3) is 0 Å². The fourth-order valence-electron chi connectivity index (χ4n) is 4.17. The van der Waals surface area contributed by atoms with Gasteiger partial charge >= 0.3 is 0 Å². The Balaban J connectivity index is 1.86. The first-order valence-electron chi connectivity index (χ1n) is 10.8. The number of hydrogen-bond acceptors (Lipinski definition) is 15. The van der Waals surface area contributed by atoms with Gasteiger partial charge in [-0.2, -0.15) is 0 Å². The van der Waals surface area contributed by atoms with Crippen molar-refractivity contribution in [2.24, 2.45) is 0 Å². The van der Waals surface area contributed by atoms with Crippen molar-refractivity contribution in [2.45, 2.75) is 99.0 Å². The molecule has 0 spiro atoms. The molecule has 0 aromatic heterocycles. The molecule has 0 bridgehead atoms. The summed E-state index contributed by atoms with van der Waals surface area (Å²) < 4.78 is 32.7. The zero-order valence-corrected chi connectivity index (χ0v) is 18.5. The molecule has 15 atom stereocenters. The second kappa shape index (κ2) is 11.6. The van der Waals surface area contributed by atoms with Crippen LogP contribution in [0.3, 0.4) is 0 Å². The molecule has 0 radical (unpaired) electrons. The normalized spacial score (nSPS) is 52.5. The quantitative estimate of drug-likeness (QED) is 0.157. The summed E-state index contributed by atoms with van der Waals surface area (Å²) in [5.41, 5.74) is 0. The van der Waals surface area contributed by atoms with E-state index >= 15 is 0 Å². The van der Waals surface area contributed by atoms with Crippen molar-refractivity contribution in [3.8, 4) is 0 Å². The van der Waals surface area contributed by atoms with Gasteiger partial charge in [0.25, 0.3) is 0 Å². The Morgan fingerprint density at radius 2 is 1.06 bits per heavy atom. The lowest BCUT2D eigenvalue weighted by molar-refractivity contribution is -0.384. The minimum atomic E-state index is -1.81. The summed E-state index contributed by atoms with van der Waals surface area (Å²) in [5.74, 6) is 0. The second-order valence-electron chi connectivity index (χ2n) is 8.53. The van der Waals surface area contributed by atoms with Crippen LogP contribution in [0.1, 0.15) is 6.92 Å². The molecule has 3 rings (SSSR count). The zero-order chi connectivity index (χ0) is 25.3. The highest BCUT2D eigenvalue weighted by molar-refractivity contribution is 4.96. The lowest BCUT2D eigenvalue weighted by Gasteiger charge is -2.48. The average Bonchev–Trinajstić information content (AvgIpc) is 2.83. The van der Waals surface area contributed by atoms with Crippen LogP contribution < -0.4 is 0 Å². The molecule has 0 unspecified atom stereocenters. The summed E-state index contributed by atoms with van der Waals surface area (Å²) >= 11 is 0. The molecule has 9 N–H and O–H groups in total. The highest BCUT2D eigenvalue weighted by atomic mass is 16.8. The van der Waals surface area contributed by atoms with E-state index in [9.17, 15) is 46.0 Å². The number of aliphatic hydroxyl groups is 9. The summed E-state index contributed by atoms with van der Waals surface area (Å²) in [7, 11) is 1.21. The number of methoxy groups -OCH3 is 1. The van der Waals surface area contributed by atoms with Crippen LogP contribution in [-0.4, -0.2) is 158 Å². The molecule has 0 aliphatic carbocycles. The van der Waals surface area contributed by atoms with Gasteiger partial charge in [0.1, 0.15) is 67.1 Å². The Labute approximate surface area is 194 Å².